The van der Waals surface area contributed by atoms with E-state index < -0.39 is 0 Å². The normalized spacial score (nSPS) is 31.2. The van der Waals surface area contributed by atoms with Crippen molar-refractivity contribution >= 4 is 17.0 Å². The molecule has 2 heterocycles. The first kappa shape index (κ1) is 9.39. The molecule has 5 heteroatoms. The van der Waals surface area contributed by atoms with Crippen molar-refractivity contribution in [3.05, 3.63) is 12.7 Å². The van der Waals surface area contributed by atoms with Crippen LogP contribution in [0, 0.1) is 11.8 Å². The van der Waals surface area contributed by atoms with Gasteiger partial charge in [-0.05, 0) is 31.1 Å². The van der Waals surface area contributed by atoms with Crippen LogP contribution in [0.25, 0.3) is 11.2 Å². The quantitative estimate of drug-likeness (QED) is 0.826. The molecule has 3 atom stereocenters. The smallest absolute Gasteiger partial charge is 0.182 e. The van der Waals surface area contributed by atoms with Crippen molar-refractivity contribution in [2.24, 2.45) is 11.8 Å². The molecule has 2 saturated carbocycles. The molecule has 4 rings (SSSR count). The predicted octanol–water partition coefficient (Wildman–Crippen LogP) is 1.95. The Balaban J connectivity index is 1.65. The molecular formula is C12H15N5. The first-order valence-electron chi connectivity index (χ1n) is 6.31. The second-order valence-corrected chi connectivity index (χ2v) is 5.25. The number of nitrogens with zero attached hydrogens (tertiary/aromatic N) is 3. The Kier molecular flexibility index (Phi) is 1.89. The Hall–Kier alpha value is -1.65. The van der Waals surface area contributed by atoms with Crippen LogP contribution in [-0.2, 0) is 0 Å². The molecule has 0 radical (unpaired) electrons. The monoisotopic (exact) mass is 229 g/mol. The second-order valence-electron chi connectivity index (χ2n) is 5.25. The molecule has 88 valence electrons. The molecule has 0 aliphatic heterocycles. The highest BCUT2D eigenvalue weighted by Crippen LogP contribution is 2.45. The molecule has 2 bridgehead atoms. The van der Waals surface area contributed by atoms with E-state index in [1.807, 2.05) is 0 Å². The summed E-state index contributed by atoms with van der Waals surface area (Å²) in [5.41, 5.74) is 1.67. The fourth-order valence-electron chi connectivity index (χ4n) is 3.47. The number of anilines is 1. The van der Waals surface area contributed by atoms with Gasteiger partial charge in [0.25, 0.3) is 0 Å². The zero-order valence-corrected chi connectivity index (χ0v) is 9.56. The third kappa shape index (κ3) is 1.41. The topological polar surface area (TPSA) is 66.5 Å². The number of aromatic amines is 1. The van der Waals surface area contributed by atoms with E-state index >= 15 is 0 Å². The van der Waals surface area contributed by atoms with E-state index in [4.69, 9.17) is 0 Å². The number of nitrogens with one attached hydrogen (secondary N) is 2. The van der Waals surface area contributed by atoms with Crippen LogP contribution in [0.5, 0.6) is 0 Å². The fourth-order valence-corrected chi connectivity index (χ4v) is 3.47. The molecule has 2 aliphatic carbocycles. The molecule has 2 aliphatic rings. The average Bonchev–Trinajstić information content (AvgIpc) is 3.04. The van der Waals surface area contributed by atoms with Crippen molar-refractivity contribution in [1.29, 1.82) is 0 Å². The predicted molar refractivity (Wildman–Crippen MR) is 64.5 cm³/mol. The number of fused-ring (bicyclic) bond motifs is 3. The Bertz CT molecular complexity index is 549. The highest BCUT2D eigenvalue weighted by Gasteiger charge is 2.39. The van der Waals surface area contributed by atoms with Gasteiger partial charge in [0.05, 0.1) is 6.33 Å². The Labute approximate surface area is 99.1 Å². The number of aromatic nitrogens is 4. The van der Waals surface area contributed by atoms with Crippen molar-refractivity contribution in [2.45, 2.75) is 31.7 Å². The van der Waals surface area contributed by atoms with E-state index in [0.29, 0.717) is 6.04 Å². The van der Waals surface area contributed by atoms with E-state index in [1.165, 1.54) is 25.7 Å². The Morgan fingerprint density at radius 3 is 3.00 bits per heavy atom. The zero-order chi connectivity index (χ0) is 11.2. The summed E-state index contributed by atoms with van der Waals surface area (Å²) in [5, 5.41) is 3.58. The van der Waals surface area contributed by atoms with E-state index in [9.17, 15) is 0 Å². The summed E-state index contributed by atoms with van der Waals surface area (Å²) in [6.07, 6.45) is 8.74. The van der Waals surface area contributed by atoms with Crippen LogP contribution in [0.2, 0.25) is 0 Å². The van der Waals surface area contributed by atoms with Crippen LogP contribution in [0.4, 0.5) is 5.82 Å². The summed E-state index contributed by atoms with van der Waals surface area (Å²) in [4.78, 5) is 15.7. The second kappa shape index (κ2) is 3.42. The zero-order valence-electron chi connectivity index (χ0n) is 9.56. The van der Waals surface area contributed by atoms with Crippen LogP contribution in [0.15, 0.2) is 12.7 Å². The van der Waals surface area contributed by atoms with Crippen LogP contribution >= 0.6 is 0 Å². The van der Waals surface area contributed by atoms with Crippen LogP contribution < -0.4 is 5.32 Å². The number of imidazole rings is 1. The number of rotatable bonds is 2. The minimum Gasteiger partial charge on any atom is -0.365 e. The lowest BCUT2D eigenvalue weighted by Crippen LogP contribution is -2.26. The highest BCUT2D eigenvalue weighted by atomic mass is 15.1. The molecule has 2 aromatic heterocycles. The van der Waals surface area contributed by atoms with Crippen molar-refractivity contribution in [3.8, 4) is 0 Å². The minimum absolute atomic E-state index is 0.593. The summed E-state index contributed by atoms with van der Waals surface area (Å²) in [6, 6.07) is 0.593. The molecule has 3 unspecified atom stereocenters. The number of hydrogen-bond acceptors (Lipinski definition) is 4. The first-order valence-corrected chi connectivity index (χ1v) is 6.31. The molecule has 0 spiro atoms. The maximum atomic E-state index is 4.33. The SMILES string of the molecule is c1nc(NC2CC3CCC2C3)c2[nH]cnc2n1. The number of H-pyrrole nitrogens is 1. The molecular weight excluding hydrogens is 214 g/mol. The van der Waals surface area contributed by atoms with Crippen molar-refractivity contribution in [2.75, 3.05) is 5.32 Å². The van der Waals surface area contributed by atoms with Crippen LogP contribution in [-0.4, -0.2) is 26.0 Å². The lowest BCUT2D eigenvalue weighted by molar-refractivity contribution is 0.439. The molecule has 0 saturated heterocycles. The molecule has 0 amide bonds. The summed E-state index contributed by atoms with van der Waals surface area (Å²) >= 11 is 0. The van der Waals surface area contributed by atoms with Crippen LogP contribution in [0.3, 0.4) is 0 Å². The van der Waals surface area contributed by atoms with Gasteiger partial charge in [0.1, 0.15) is 11.8 Å². The minimum atomic E-state index is 0.593. The van der Waals surface area contributed by atoms with Gasteiger partial charge >= 0.3 is 0 Å². The lowest BCUT2D eigenvalue weighted by atomic mass is 9.95. The van der Waals surface area contributed by atoms with E-state index in [0.717, 1.165) is 28.8 Å². The van der Waals surface area contributed by atoms with E-state index in [2.05, 4.69) is 25.3 Å². The molecule has 2 fully saturated rings. The van der Waals surface area contributed by atoms with Gasteiger partial charge in [0.15, 0.2) is 11.5 Å². The molecule has 0 aromatic carbocycles. The van der Waals surface area contributed by atoms with Crippen molar-refractivity contribution in [3.63, 3.8) is 0 Å². The maximum absolute atomic E-state index is 4.33. The first-order chi connectivity index (χ1) is 8.40. The third-order valence-corrected chi connectivity index (χ3v) is 4.28. The molecule has 2 N–H and O–H groups in total. The standard InChI is InChI=1S/C12H15N5/c1-2-8-3-7(1)4-9(8)17-12-10-11(14-5-13-10)15-6-16-12/h5-9H,1-4H2,(H2,13,14,15,16,17). The summed E-state index contributed by atoms with van der Waals surface area (Å²) < 4.78 is 0. The van der Waals surface area contributed by atoms with Gasteiger partial charge in [-0.1, -0.05) is 6.42 Å². The summed E-state index contributed by atoms with van der Waals surface area (Å²) in [6.45, 7) is 0. The van der Waals surface area contributed by atoms with Gasteiger partial charge in [-0.3, -0.25) is 0 Å². The summed E-state index contributed by atoms with van der Waals surface area (Å²) in [5.74, 6) is 2.69. The Morgan fingerprint density at radius 2 is 2.18 bits per heavy atom. The van der Waals surface area contributed by atoms with Gasteiger partial charge in [-0.2, -0.15) is 0 Å². The van der Waals surface area contributed by atoms with Crippen molar-refractivity contribution < 1.29 is 0 Å². The molecule has 17 heavy (non-hydrogen) atoms. The molecule has 2 aromatic rings. The lowest BCUT2D eigenvalue weighted by Gasteiger charge is -2.23. The van der Waals surface area contributed by atoms with Gasteiger partial charge in [-0.15, -0.1) is 0 Å². The van der Waals surface area contributed by atoms with Gasteiger partial charge in [0, 0.05) is 6.04 Å². The number of hydrogen-bond donors (Lipinski definition) is 2. The van der Waals surface area contributed by atoms with Gasteiger partial charge in [0.2, 0.25) is 0 Å². The fraction of sp³-hybridized carbons (Fsp3) is 0.583. The highest BCUT2D eigenvalue weighted by molar-refractivity contribution is 5.82. The largest absolute Gasteiger partial charge is 0.365 e. The van der Waals surface area contributed by atoms with Gasteiger partial charge < -0.3 is 10.3 Å². The van der Waals surface area contributed by atoms with Gasteiger partial charge in [-0.25, -0.2) is 15.0 Å². The summed E-state index contributed by atoms with van der Waals surface area (Å²) in [7, 11) is 0. The average molecular weight is 229 g/mol. The maximum Gasteiger partial charge on any atom is 0.182 e. The van der Waals surface area contributed by atoms with Crippen LogP contribution in [0.1, 0.15) is 25.7 Å². The van der Waals surface area contributed by atoms with E-state index in [1.54, 1.807) is 12.7 Å². The van der Waals surface area contributed by atoms with E-state index in [-0.39, 0.29) is 0 Å². The Morgan fingerprint density at radius 1 is 1.18 bits per heavy atom. The molecule has 5 nitrogen and oxygen atoms in total. The van der Waals surface area contributed by atoms with Crippen molar-refractivity contribution in [1.82, 2.24) is 19.9 Å². The third-order valence-electron chi connectivity index (χ3n) is 4.28.